The molecule has 0 saturated carbocycles. The monoisotopic (exact) mass is 270 g/mol. The lowest BCUT2D eigenvalue weighted by atomic mass is 10.1. The number of halogens is 1. The van der Waals surface area contributed by atoms with Crippen molar-refractivity contribution in [1.29, 1.82) is 0 Å². The molecule has 0 heterocycles. The molecule has 1 rings (SSSR count). The van der Waals surface area contributed by atoms with Gasteiger partial charge in [-0.2, -0.15) is 11.8 Å². The van der Waals surface area contributed by atoms with E-state index in [1.165, 1.54) is 6.07 Å². The highest BCUT2D eigenvalue weighted by Gasteiger charge is 2.11. The van der Waals surface area contributed by atoms with Crippen molar-refractivity contribution in [2.45, 2.75) is 32.5 Å². The molecule has 2 nitrogen and oxygen atoms in total. The summed E-state index contributed by atoms with van der Waals surface area (Å²) in [6.45, 7) is 3.42. The van der Waals surface area contributed by atoms with Crippen molar-refractivity contribution < 1.29 is 4.39 Å². The SMILES string of the molecule is CSCCC(C)N(C)Cc1cc(F)ccc1CN. The molecular weight excluding hydrogens is 247 g/mol. The molecular formula is C14H23FN2S. The van der Waals surface area contributed by atoms with Crippen LogP contribution in [0.4, 0.5) is 4.39 Å². The fourth-order valence-electron chi connectivity index (χ4n) is 1.87. The predicted octanol–water partition coefficient (Wildman–Crippen LogP) is 2.86. The van der Waals surface area contributed by atoms with Gasteiger partial charge in [-0.1, -0.05) is 6.07 Å². The minimum Gasteiger partial charge on any atom is -0.326 e. The van der Waals surface area contributed by atoms with Crippen LogP contribution in [-0.4, -0.2) is 30.0 Å². The average Bonchev–Trinajstić information content (AvgIpc) is 2.36. The molecule has 0 spiro atoms. The Kier molecular flexibility index (Phi) is 6.68. The van der Waals surface area contributed by atoms with Gasteiger partial charge in [0.15, 0.2) is 0 Å². The first-order valence-corrected chi connectivity index (χ1v) is 7.64. The Morgan fingerprint density at radius 3 is 2.72 bits per heavy atom. The van der Waals surface area contributed by atoms with Crippen LogP contribution in [0.15, 0.2) is 18.2 Å². The number of nitrogens with zero attached hydrogens (tertiary/aromatic N) is 1. The van der Waals surface area contributed by atoms with E-state index in [2.05, 4.69) is 25.1 Å². The first-order chi connectivity index (χ1) is 8.58. The second-order valence-electron chi connectivity index (χ2n) is 4.66. The Morgan fingerprint density at radius 1 is 1.39 bits per heavy atom. The Morgan fingerprint density at radius 2 is 2.11 bits per heavy atom. The predicted molar refractivity (Wildman–Crippen MR) is 78.2 cm³/mol. The first kappa shape index (κ1) is 15.5. The molecule has 2 N–H and O–H groups in total. The van der Waals surface area contributed by atoms with E-state index in [1.54, 1.807) is 12.1 Å². The third-order valence-corrected chi connectivity index (χ3v) is 3.94. The summed E-state index contributed by atoms with van der Waals surface area (Å²) in [4.78, 5) is 2.25. The Labute approximate surface area is 114 Å². The van der Waals surface area contributed by atoms with Gasteiger partial charge in [0.25, 0.3) is 0 Å². The fraction of sp³-hybridized carbons (Fsp3) is 0.571. The standard InChI is InChI=1S/C14H23FN2S/c1-11(6-7-18-3)17(2)10-13-8-14(15)5-4-12(13)9-16/h4-5,8,11H,6-7,9-10,16H2,1-3H3. The maximum absolute atomic E-state index is 13.3. The molecule has 0 saturated heterocycles. The minimum atomic E-state index is -0.188. The molecule has 1 aromatic rings. The van der Waals surface area contributed by atoms with Gasteiger partial charge in [-0.3, -0.25) is 4.90 Å². The third kappa shape index (κ3) is 4.59. The molecule has 1 atom stereocenters. The van der Waals surface area contributed by atoms with Crippen molar-refractivity contribution in [1.82, 2.24) is 4.90 Å². The van der Waals surface area contributed by atoms with Gasteiger partial charge in [-0.25, -0.2) is 4.39 Å². The molecule has 0 aromatic heterocycles. The topological polar surface area (TPSA) is 29.3 Å². The minimum absolute atomic E-state index is 0.188. The highest BCUT2D eigenvalue weighted by Crippen LogP contribution is 2.15. The van der Waals surface area contributed by atoms with Crippen LogP contribution in [0.25, 0.3) is 0 Å². The molecule has 0 amide bonds. The molecule has 4 heteroatoms. The van der Waals surface area contributed by atoms with Crippen molar-refractivity contribution >= 4 is 11.8 Å². The lowest BCUT2D eigenvalue weighted by Gasteiger charge is -2.25. The van der Waals surface area contributed by atoms with Crippen LogP contribution in [0, 0.1) is 5.82 Å². The van der Waals surface area contributed by atoms with E-state index >= 15 is 0 Å². The Bertz CT molecular complexity index is 371. The van der Waals surface area contributed by atoms with Gasteiger partial charge in [-0.15, -0.1) is 0 Å². The van der Waals surface area contributed by atoms with Crippen LogP contribution in [-0.2, 0) is 13.1 Å². The normalized spacial score (nSPS) is 13.0. The molecule has 1 unspecified atom stereocenters. The first-order valence-electron chi connectivity index (χ1n) is 6.25. The molecule has 18 heavy (non-hydrogen) atoms. The number of nitrogens with two attached hydrogens (primary N) is 1. The third-order valence-electron chi connectivity index (χ3n) is 3.30. The maximum atomic E-state index is 13.3. The van der Waals surface area contributed by atoms with E-state index in [1.807, 2.05) is 11.8 Å². The van der Waals surface area contributed by atoms with E-state index in [0.29, 0.717) is 12.6 Å². The zero-order valence-corrected chi connectivity index (χ0v) is 12.3. The van der Waals surface area contributed by atoms with Gasteiger partial charge in [-0.05, 0) is 55.7 Å². The fourth-order valence-corrected chi connectivity index (χ4v) is 2.45. The maximum Gasteiger partial charge on any atom is 0.123 e. The number of benzene rings is 1. The largest absolute Gasteiger partial charge is 0.326 e. The van der Waals surface area contributed by atoms with Crippen molar-refractivity contribution in [3.63, 3.8) is 0 Å². The van der Waals surface area contributed by atoms with Gasteiger partial charge in [0.1, 0.15) is 5.82 Å². The van der Waals surface area contributed by atoms with E-state index in [4.69, 9.17) is 5.73 Å². The van der Waals surface area contributed by atoms with Gasteiger partial charge >= 0.3 is 0 Å². The summed E-state index contributed by atoms with van der Waals surface area (Å²) < 4.78 is 13.3. The highest BCUT2D eigenvalue weighted by atomic mass is 32.2. The van der Waals surface area contributed by atoms with Crippen molar-refractivity contribution in [3.8, 4) is 0 Å². The lowest BCUT2D eigenvalue weighted by molar-refractivity contribution is 0.244. The number of thioether (sulfide) groups is 1. The molecule has 0 aliphatic carbocycles. The highest BCUT2D eigenvalue weighted by molar-refractivity contribution is 7.98. The van der Waals surface area contributed by atoms with Crippen LogP contribution >= 0.6 is 11.8 Å². The van der Waals surface area contributed by atoms with Gasteiger partial charge in [0, 0.05) is 19.1 Å². The average molecular weight is 270 g/mol. The molecule has 0 aliphatic heterocycles. The summed E-state index contributed by atoms with van der Waals surface area (Å²) in [6.07, 6.45) is 3.26. The smallest absolute Gasteiger partial charge is 0.123 e. The zero-order valence-electron chi connectivity index (χ0n) is 11.4. The van der Waals surface area contributed by atoms with Crippen LogP contribution in [0.5, 0.6) is 0 Å². The van der Waals surface area contributed by atoms with Crippen molar-refractivity contribution in [2.75, 3.05) is 19.1 Å². The van der Waals surface area contributed by atoms with Crippen LogP contribution in [0.1, 0.15) is 24.5 Å². The molecule has 0 aliphatic rings. The van der Waals surface area contributed by atoms with Crippen LogP contribution in [0.2, 0.25) is 0 Å². The zero-order chi connectivity index (χ0) is 13.5. The van der Waals surface area contributed by atoms with Gasteiger partial charge < -0.3 is 5.73 Å². The number of rotatable bonds is 7. The van der Waals surface area contributed by atoms with Crippen LogP contribution in [0.3, 0.4) is 0 Å². The second kappa shape index (κ2) is 7.77. The molecule has 0 radical (unpaired) electrons. The summed E-state index contributed by atoms with van der Waals surface area (Å²) in [5, 5.41) is 0. The van der Waals surface area contributed by atoms with Crippen molar-refractivity contribution in [3.05, 3.63) is 35.1 Å². The summed E-state index contributed by atoms with van der Waals surface area (Å²) in [6, 6.07) is 5.35. The Balaban J connectivity index is 2.68. The number of hydrogen-bond acceptors (Lipinski definition) is 3. The van der Waals surface area contributed by atoms with E-state index in [-0.39, 0.29) is 5.82 Å². The summed E-state index contributed by atoms with van der Waals surface area (Å²) in [7, 11) is 2.08. The van der Waals surface area contributed by atoms with E-state index < -0.39 is 0 Å². The lowest BCUT2D eigenvalue weighted by Crippen LogP contribution is -2.29. The molecule has 0 fully saturated rings. The van der Waals surface area contributed by atoms with Gasteiger partial charge in [0.2, 0.25) is 0 Å². The molecule has 1 aromatic carbocycles. The molecule has 102 valence electrons. The summed E-state index contributed by atoms with van der Waals surface area (Å²) >= 11 is 1.86. The Hall–Kier alpha value is -0.580. The summed E-state index contributed by atoms with van der Waals surface area (Å²) in [5.41, 5.74) is 7.71. The van der Waals surface area contributed by atoms with Crippen LogP contribution < -0.4 is 5.73 Å². The molecule has 0 bridgehead atoms. The van der Waals surface area contributed by atoms with Gasteiger partial charge in [0.05, 0.1) is 0 Å². The summed E-state index contributed by atoms with van der Waals surface area (Å²) in [5.74, 6) is 0.964. The van der Waals surface area contributed by atoms with E-state index in [0.717, 1.165) is 29.8 Å². The van der Waals surface area contributed by atoms with Crippen molar-refractivity contribution in [2.24, 2.45) is 5.73 Å². The van der Waals surface area contributed by atoms with E-state index in [9.17, 15) is 4.39 Å². The number of hydrogen-bond donors (Lipinski definition) is 1. The quantitative estimate of drug-likeness (QED) is 0.826. The second-order valence-corrected chi connectivity index (χ2v) is 5.65.